The van der Waals surface area contributed by atoms with E-state index in [2.05, 4.69) is 16.0 Å². The van der Waals surface area contributed by atoms with Gasteiger partial charge in [0.2, 0.25) is 5.95 Å². The molecule has 0 aliphatic heterocycles. The summed E-state index contributed by atoms with van der Waals surface area (Å²) >= 11 is 1.61. The predicted molar refractivity (Wildman–Crippen MR) is 95.8 cm³/mol. The molecule has 1 aromatic carbocycles. The van der Waals surface area contributed by atoms with E-state index in [0.717, 1.165) is 27.0 Å². The van der Waals surface area contributed by atoms with Crippen molar-refractivity contribution in [2.45, 2.75) is 6.42 Å². The highest BCUT2D eigenvalue weighted by Gasteiger charge is 2.16. The molecule has 0 bridgehead atoms. The first-order valence-corrected chi connectivity index (χ1v) is 7.50. The van der Waals surface area contributed by atoms with E-state index in [9.17, 15) is 0 Å². The Bertz CT molecular complexity index is 838. The van der Waals surface area contributed by atoms with Crippen molar-refractivity contribution in [2.75, 3.05) is 25.7 Å². The van der Waals surface area contributed by atoms with E-state index in [1.165, 1.54) is 0 Å². The number of fused-ring (bicyclic) bond motifs is 1. The largest absolute Gasteiger partial charge is 0.493 e. The second kappa shape index (κ2) is 6.89. The van der Waals surface area contributed by atoms with E-state index in [-0.39, 0.29) is 18.4 Å². The van der Waals surface area contributed by atoms with E-state index in [0.29, 0.717) is 18.0 Å². The number of aromatic nitrogens is 2. The van der Waals surface area contributed by atoms with Crippen LogP contribution < -0.4 is 20.9 Å². The van der Waals surface area contributed by atoms with Gasteiger partial charge in [0, 0.05) is 23.6 Å². The summed E-state index contributed by atoms with van der Waals surface area (Å²) in [5, 5.41) is 3.14. The minimum atomic E-state index is 0. The molecular formula is C15H17ClN4O2S. The molecule has 122 valence electrons. The van der Waals surface area contributed by atoms with Crippen LogP contribution in [0, 0.1) is 0 Å². The number of anilines is 2. The fourth-order valence-corrected chi connectivity index (χ4v) is 3.38. The van der Waals surface area contributed by atoms with Gasteiger partial charge in [0.1, 0.15) is 5.82 Å². The number of nitrogens with zero attached hydrogens (tertiary/aromatic N) is 2. The Morgan fingerprint density at radius 2 is 1.96 bits per heavy atom. The van der Waals surface area contributed by atoms with Crippen LogP contribution >= 0.6 is 23.7 Å². The van der Waals surface area contributed by atoms with Gasteiger partial charge in [0.15, 0.2) is 11.5 Å². The topological polar surface area (TPSA) is 96.3 Å². The van der Waals surface area contributed by atoms with Crippen molar-refractivity contribution >= 4 is 45.6 Å². The highest BCUT2D eigenvalue weighted by Crippen LogP contribution is 2.41. The summed E-state index contributed by atoms with van der Waals surface area (Å²) in [6.45, 7) is 0. The zero-order valence-electron chi connectivity index (χ0n) is 12.7. The van der Waals surface area contributed by atoms with Crippen LogP contribution in [0.15, 0.2) is 23.7 Å². The number of hydrogen-bond acceptors (Lipinski definition) is 7. The van der Waals surface area contributed by atoms with Gasteiger partial charge in [0.25, 0.3) is 0 Å². The highest BCUT2D eigenvalue weighted by atomic mass is 35.5. The third kappa shape index (κ3) is 3.11. The molecule has 3 aromatic rings. The molecule has 0 spiro atoms. The molecule has 0 fully saturated rings. The molecule has 0 atom stereocenters. The van der Waals surface area contributed by atoms with E-state index < -0.39 is 0 Å². The molecule has 0 amide bonds. The average molecular weight is 353 g/mol. The summed E-state index contributed by atoms with van der Waals surface area (Å²) in [4.78, 5) is 8.02. The van der Waals surface area contributed by atoms with E-state index in [1.54, 1.807) is 31.8 Å². The molecule has 0 aliphatic carbocycles. The second-order valence-electron chi connectivity index (χ2n) is 4.75. The lowest BCUT2D eigenvalue weighted by Gasteiger charge is -2.13. The van der Waals surface area contributed by atoms with Gasteiger partial charge in [-0.15, -0.1) is 23.7 Å². The Kier molecular flexibility index (Phi) is 5.12. The zero-order chi connectivity index (χ0) is 15.7. The number of benzene rings is 1. The van der Waals surface area contributed by atoms with Crippen molar-refractivity contribution in [1.29, 1.82) is 0 Å². The maximum absolute atomic E-state index is 5.93. The van der Waals surface area contributed by atoms with Gasteiger partial charge in [-0.3, -0.25) is 0 Å². The van der Waals surface area contributed by atoms with Crippen LogP contribution in [0.1, 0.15) is 11.1 Å². The molecule has 0 saturated carbocycles. The molecule has 6 nitrogen and oxygen atoms in total. The Labute approximate surface area is 143 Å². The molecule has 4 N–H and O–H groups in total. The Hall–Kier alpha value is -2.25. The minimum Gasteiger partial charge on any atom is -0.493 e. The molecule has 0 saturated heterocycles. The number of hydrogen-bond donors (Lipinski definition) is 2. The monoisotopic (exact) mass is 352 g/mol. The van der Waals surface area contributed by atoms with Gasteiger partial charge in [-0.05, 0) is 23.1 Å². The van der Waals surface area contributed by atoms with Gasteiger partial charge < -0.3 is 20.9 Å². The van der Waals surface area contributed by atoms with Gasteiger partial charge in [-0.2, -0.15) is 4.98 Å². The summed E-state index contributed by atoms with van der Waals surface area (Å²) in [6.07, 6.45) is 2.26. The first kappa shape index (κ1) is 17.1. The number of ether oxygens (including phenoxy) is 2. The van der Waals surface area contributed by atoms with Crippen molar-refractivity contribution in [3.05, 3.63) is 34.8 Å². The Morgan fingerprint density at radius 3 is 2.61 bits per heavy atom. The minimum absolute atomic E-state index is 0. The third-order valence-corrected chi connectivity index (χ3v) is 4.38. The number of nitrogens with two attached hydrogens (primary N) is 2. The standard InChI is InChI=1S/C15H16N4O2S.ClH/c1-20-11-6-8(5-9-7-18-15(17)19-14(9)16)10-3-4-22-13(10)12(11)21-2;/h3-4,6-7H,5H2,1-2H3,(H4,16,17,18,19);1H. The number of methoxy groups -OCH3 is 2. The maximum Gasteiger partial charge on any atom is 0.221 e. The highest BCUT2D eigenvalue weighted by molar-refractivity contribution is 7.17. The molecule has 2 heterocycles. The lowest BCUT2D eigenvalue weighted by atomic mass is 10.0. The number of nitrogen functional groups attached to an aromatic ring is 2. The van der Waals surface area contributed by atoms with Gasteiger partial charge in [-0.1, -0.05) is 0 Å². The van der Waals surface area contributed by atoms with E-state index >= 15 is 0 Å². The fourth-order valence-electron chi connectivity index (χ4n) is 2.42. The van der Waals surface area contributed by atoms with Crippen molar-refractivity contribution < 1.29 is 9.47 Å². The van der Waals surface area contributed by atoms with Gasteiger partial charge in [-0.25, -0.2) is 4.98 Å². The maximum atomic E-state index is 5.93. The summed E-state index contributed by atoms with van der Waals surface area (Å²) in [7, 11) is 3.27. The molecule has 0 aliphatic rings. The summed E-state index contributed by atoms with van der Waals surface area (Å²) in [5.41, 5.74) is 13.4. The third-order valence-electron chi connectivity index (χ3n) is 3.47. The van der Waals surface area contributed by atoms with Gasteiger partial charge >= 0.3 is 0 Å². The molecular weight excluding hydrogens is 336 g/mol. The number of thiophene rings is 1. The van der Waals surface area contributed by atoms with E-state index in [4.69, 9.17) is 20.9 Å². The first-order valence-electron chi connectivity index (χ1n) is 6.62. The Balaban J connectivity index is 0.00000192. The normalized spacial score (nSPS) is 10.3. The van der Waals surface area contributed by atoms with Gasteiger partial charge in [0.05, 0.1) is 18.9 Å². The van der Waals surface area contributed by atoms with Crippen molar-refractivity contribution in [3.8, 4) is 11.5 Å². The zero-order valence-corrected chi connectivity index (χ0v) is 14.3. The van der Waals surface area contributed by atoms with Crippen molar-refractivity contribution in [1.82, 2.24) is 9.97 Å². The molecule has 2 aromatic heterocycles. The van der Waals surface area contributed by atoms with Crippen LogP contribution in [0.5, 0.6) is 11.5 Å². The van der Waals surface area contributed by atoms with Crippen molar-refractivity contribution in [2.24, 2.45) is 0 Å². The molecule has 23 heavy (non-hydrogen) atoms. The van der Waals surface area contributed by atoms with Crippen LogP contribution in [0.4, 0.5) is 11.8 Å². The lowest BCUT2D eigenvalue weighted by molar-refractivity contribution is 0.358. The molecule has 0 radical (unpaired) electrons. The van der Waals surface area contributed by atoms with Crippen LogP contribution in [0.25, 0.3) is 10.1 Å². The SMILES string of the molecule is COc1cc(Cc2cnc(N)nc2N)c2ccsc2c1OC.Cl. The fraction of sp³-hybridized carbons (Fsp3) is 0.200. The van der Waals surface area contributed by atoms with Crippen LogP contribution in [-0.2, 0) is 6.42 Å². The second-order valence-corrected chi connectivity index (χ2v) is 5.67. The average Bonchev–Trinajstić information content (AvgIpc) is 2.99. The van der Waals surface area contributed by atoms with Crippen LogP contribution in [0.3, 0.4) is 0 Å². The smallest absolute Gasteiger partial charge is 0.221 e. The quantitative estimate of drug-likeness (QED) is 0.749. The number of halogens is 1. The first-order chi connectivity index (χ1) is 10.6. The van der Waals surface area contributed by atoms with Crippen LogP contribution in [0.2, 0.25) is 0 Å². The predicted octanol–water partition coefficient (Wildman–Crippen LogP) is 2.89. The summed E-state index contributed by atoms with van der Waals surface area (Å²) in [5.74, 6) is 2.01. The van der Waals surface area contributed by atoms with E-state index in [1.807, 2.05) is 11.4 Å². The van der Waals surface area contributed by atoms with Crippen LogP contribution in [-0.4, -0.2) is 24.2 Å². The Morgan fingerprint density at radius 1 is 1.17 bits per heavy atom. The molecule has 8 heteroatoms. The summed E-state index contributed by atoms with van der Waals surface area (Å²) < 4.78 is 12.0. The lowest BCUT2D eigenvalue weighted by Crippen LogP contribution is -2.04. The number of rotatable bonds is 4. The molecule has 0 unspecified atom stereocenters. The van der Waals surface area contributed by atoms with Crippen molar-refractivity contribution in [3.63, 3.8) is 0 Å². The summed E-state index contributed by atoms with van der Waals surface area (Å²) in [6, 6.07) is 4.02. The molecule has 3 rings (SSSR count).